The van der Waals surface area contributed by atoms with E-state index in [4.69, 9.17) is 4.44 Å². The Balaban J connectivity index is 1.80. The van der Waals surface area contributed by atoms with Crippen molar-refractivity contribution < 1.29 is 9.23 Å². The van der Waals surface area contributed by atoms with Crippen LogP contribution in [0, 0.1) is 0 Å². The molecule has 1 aliphatic heterocycles. The summed E-state index contributed by atoms with van der Waals surface area (Å²) in [6.07, 6.45) is 0.681. The van der Waals surface area contributed by atoms with Gasteiger partial charge in [-0.15, -0.1) is 0 Å². The van der Waals surface area contributed by atoms with Crippen molar-refractivity contribution in [3.05, 3.63) is 46.8 Å². The first kappa shape index (κ1) is 12.4. The first-order chi connectivity index (χ1) is 9.88. The van der Waals surface area contributed by atoms with E-state index in [0.29, 0.717) is 23.1 Å². The molecule has 0 unspecified atom stereocenters. The molecule has 3 rings (SSSR count). The van der Waals surface area contributed by atoms with Crippen molar-refractivity contribution >= 4 is 19.2 Å². The van der Waals surface area contributed by atoms with Gasteiger partial charge in [0.05, 0.1) is 0 Å². The first-order valence-electron chi connectivity index (χ1n) is 5.91. The number of hydrogen-bond donors (Lipinski definition) is 3. The number of carbonyl (C=O) groups excluding carboxylic acids is 1. The molecule has 0 saturated carbocycles. The SMILES string of the molecule is O=Cc1bo[nH]c1=NCN1NNN=C1c1ccccc1. The third-order valence-electron chi connectivity index (χ3n) is 2.75. The number of nitrogens with one attached hydrogen (secondary N) is 3. The monoisotopic (exact) mass is 270 g/mol. The Morgan fingerprint density at radius 3 is 3.05 bits per heavy atom. The van der Waals surface area contributed by atoms with Crippen molar-refractivity contribution in [2.24, 2.45) is 10.1 Å². The molecule has 0 atom stereocenters. The summed E-state index contributed by atoms with van der Waals surface area (Å²) in [4.78, 5) is 15.0. The molecule has 0 amide bonds. The molecule has 0 aliphatic carbocycles. The Morgan fingerprint density at radius 1 is 1.40 bits per heavy atom. The van der Waals surface area contributed by atoms with Gasteiger partial charge in [-0.3, -0.25) is 0 Å². The average Bonchev–Trinajstić information content (AvgIpc) is 3.14. The topological polar surface area (TPSA) is 98.0 Å². The van der Waals surface area contributed by atoms with E-state index in [1.54, 1.807) is 5.01 Å². The molecule has 100 valence electrons. The van der Waals surface area contributed by atoms with Crippen LogP contribution < -0.4 is 16.6 Å². The van der Waals surface area contributed by atoms with Crippen molar-refractivity contribution in [3.8, 4) is 0 Å². The number of aromatic nitrogens is 1. The second-order valence-electron chi connectivity index (χ2n) is 4.01. The summed E-state index contributed by atoms with van der Waals surface area (Å²) in [5, 5.41) is 8.41. The molecule has 0 fully saturated rings. The Morgan fingerprint density at radius 2 is 2.25 bits per heavy atom. The maximum absolute atomic E-state index is 10.8. The molecule has 8 nitrogen and oxygen atoms in total. The summed E-state index contributed by atoms with van der Waals surface area (Å²) in [7, 11) is 1.31. The third-order valence-corrected chi connectivity index (χ3v) is 2.75. The van der Waals surface area contributed by atoms with Crippen LogP contribution in [0.15, 0.2) is 44.9 Å². The number of benzene rings is 1. The molecule has 20 heavy (non-hydrogen) atoms. The summed E-state index contributed by atoms with van der Waals surface area (Å²) in [5.74, 6) is 0.713. The normalized spacial score (nSPS) is 14.9. The Bertz CT molecular complexity index is 692. The van der Waals surface area contributed by atoms with Crippen molar-refractivity contribution in [2.75, 3.05) is 6.67 Å². The second-order valence-corrected chi connectivity index (χ2v) is 4.01. The zero-order chi connectivity index (χ0) is 13.8. The van der Waals surface area contributed by atoms with Gasteiger partial charge in [0.1, 0.15) is 0 Å². The van der Waals surface area contributed by atoms with Crippen LogP contribution in [0.25, 0.3) is 0 Å². The van der Waals surface area contributed by atoms with Crippen molar-refractivity contribution in [2.45, 2.75) is 0 Å². The molecule has 0 saturated heterocycles. The van der Waals surface area contributed by atoms with Crippen molar-refractivity contribution in [1.82, 2.24) is 21.2 Å². The molecule has 9 heteroatoms. The standard InChI is InChI=1S/C11H11BN6O2/c19-6-9-10(15-20-12-9)13-7-18-11(14-16-17-18)8-4-2-1-3-5-8/h1-6,16-17H,7H2,(H,13,15). The van der Waals surface area contributed by atoms with Crippen LogP contribution >= 0.6 is 0 Å². The maximum atomic E-state index is 10.8. The molecule has 2 aromatic rings. The Hall–Kier alpha value is -2.68. The van der Waals surface area contributed by atoms with Gasteiger partial charge in [-0.2, -0.15) is 0 Å². The van der Waals surface area contributed by atoms with Crippen LogP contribution in [-0.4, -0.2) is 36.1 Å². The van der Waals surface area contributed by atoms with E-state index < -0.39 is 0 Å². The fraction of sp³-hybridized carbons (Fsp3) is 0.0909. The second kappa shape index (κ2) is 5.53. The van der Waals surface area contributed by atoms with Gasteiger partial charge >= 0.3 is 113 Å². The van der Waals surface area contributed by atoms with Crippen LogP contribution in [0.2, 0.25) is 0 Å². The van der Waals surface area contributed by atoms with Gasteiger partial charge in [0.15, 0.2) is 0 Å². The van der Waals surface area contributed by atoms with Crippen LogP contribution in [-0.2, 0) is 0 Å². The molecular formula is C11H11BN6O2. The number of rotatable bonds is 4. The summed E-state index contributed by atoms with van der Waals surface area (Å²) < 4.78 is 4.83. The summed E-state index contributed by atoms with van der Waals surface area (Å²) in [6, 6.07) is 9.69. The number of carbonyl (C=O) groups is 1. The van der Waals surface area contributed by atoms with Crippen molar-refractivity contribution in [1.29, 1.82) is 0 Å². The van der Waals surface area contributed by atoms with Gasteiger partial charge in [0.2, 0.25) is 0 Å². The molecule has 3 N–H and O–H groups in total. The molecule has 0 bridgehead atoms. The number of nitrogens with zero attached hydrogens (tertiary/aromatic N) is 3. The summed E-state index contributed by atoms with van der Waals surface area (Å²) in [5.41, 5.74) is 7.25. The molecule has 0 spiro atoms. The average molecular weight is 270 g/mol. The molecule has 0 radical (unpaired) electrons. The van der Waals surface area contributed by atoms with E-state index in [1.807, 2.05) is 30.3 Å². The predicted octanol–water partition coefficient (Wildman–Crippen LogP) is -0.697. The number of amidine groups is 1. The molecular weight excluding hydrogens is 259 g/mol. The van der Waals surface area contributed by atoms with Crippen LogP contribution in [0.5, 0.6) is 0 Å². The number of hydrazine groups is 2. The van der Waals surface area contributed by atoms with E-state index in [0.717, 1.165) is 5.56 Å². The predicted molar refractivity (Wildman–Crippen MR) is 71.3 cm³/mol. The van der Waals surface area contributed by atoms with Gasteiger partial charge in [-0.05, 0) is 0 Å². The Kier molecular flexibility index (Phi) is 3.42. The van der Waals surface area contributed by atoms with Gasteiger partial charge in [0.25, 0.3) is 0 Å². The first-order valence-corrected chi connectivity index (χ1v) is 5.91. The third kappa shape index (κ3) is 2.38. The fourth-order valence-corrected chi connectivity index (χ4v) is 1.77. The minimum atomic E-state index is 0.262. The van der Waals surface area contributed by atoms with Gasteiger partial charge in [-0.1, -0.05) is 0 Å². The zero-order valence-electron chi connectivity index (χ0n) is 10.4. The molecule has 1 aromatic carbocycles. The van der Waals surface area contributed by atoms with Crippen molar-refractivity contribution in [3.63, 3.8) is 0 Å². The van der Waals surface area contributed by atoms with Gasteiger partial charge in [0, 0.05) is 0 Å². The van der Waals surface area contributed by atoms with Crippen LogP contribution in [0.4, 0.5) is 0 Å². The number of aldehydes is 1. The van der Waals surface area contributed by atoms with Crippen LogP contribution in [0.3, 0.4) is 0 Å². The van der Waals surface area contributed by atoms with E-state index in [9.17, 15) is 4.79 Å². The Labute approximate surface area is 114 Å². The number of aromatic amines is 1. The number of hydrazone groups is 1. The van der Waals surface area contributed by atoms with Gasteiger partial charge in [-0.25, -0.2) is 0 Å². The molecule has 2 heterocycles. The minimum absolute atomic E-state index is 0.262. The molecule has 1 aliphatic rings. The summed E-state index contributed by atoms with van der Waals surface area (Å²) >= 11 is 0. The zero-order valence-corrected chi connectivity index (χ0v) is 10.4. The molecule has 1 aromatic heterocycles. The van der Waals surface area contributed by atoms with E-state index in [-0.39, 0.29) is 6.67 Å². The number of H-pyrrole nitrogens is 1. The van der Waals surface area contributed by atoms with Gasteiger partial charge < -0.3 is 0 Å². The quantitative estimate of drug-likeness (QED) is 0.638. The van der Waals surface area contributed by atoms with E-state index >= 15 is 0 Å². The van der Waals surface area contributed by atoms with E-state index in [1.165, 1.54) is 7.13 Å². The van der Waals surface area contributed by atoms with E-state index in [2.05, 4.69) is 26.3 Å². The summed E-state index contributed by atoms with van der Waals surface area (Å²) in [6.45, 7) is 0.262. The van der Waals surface area contributed by atoms with Crippen LogP contribution in [0.1, 0.15) is 15.8 Å². The number of hydrogen-bond acceptors (Lipinski definition) is 7. The fourth-order valence-electron chi connectivity index (χ4n) is 1.77.